The van der Waals surface area contributed by atoms with Crippen LogP contribution in [0.15, 0.2) is 53.3 Å². The number of ether oxygens (including phenoxy) is 1. The van der Waals surface area contributed by atoms with Crippen LogP contribution in [0.25, 0.3) is 10.8 Å². The molecule has 0 atom stereocenters. The van der Waals surface area contributed by atoms with Crippen molar-refractivity contribution in [1.29, 1.82) is 0 Å². The lowest BCUT2D eigenvalue weighted by Crippen LogP contribution is -2.28. The predicted molar refractivity (Wildman–Crippen MR) is 87.7 cm³/mol. The van der Waals surface area contributed by atoms with Gasteiger partial charge in [0.15, 0.2) is 17.3 Å². The van der Waals surface area contributed by atoms with E-state index < -0.39 is 11.8 Å². The highest BCUT2D eigenvalue weighted by Gasteiger charge is 2.20. The number of halogens is 1. The molecule has 6 heteroatoms. The van der Waals surface area contributed by atoms with Crippen LogP contribution in [0, 0.1) is 5.82 Å². The second-order valence-electron chi connectivity index (χ2n) is 5.56. The van der Waals surface area contributed by atoms with Gasteiger partial charge in [0.2, 0.25) is 0 Å². The number of esters is 1. The first-order valence-corrected chi connectivity index (χ1v) is 7.47. The SMILES string of the molecule is CC(C)n1nc(C(=O)Oc2ccccc2F)c2ccccc2c1=O. The van der Waals surface area contributed by atoms with Gasteiger partial charge in [0.1, 0.15) is 0 Å². The van der Waals surface area contributed by atoms with E-state index in [9.17, 15) is 14.0 Å². The van der Waals surface area contributed by atoms with E-state index in [1.807, 2.05) is 0 Å². The van der Waals surface area contributed by atoms with Crippen molar-refractivity contribution in [2.24, 2.45) is 0 Å². The minimum Gasteiger partial charge on any atom is -0.419 e. The molecule has 0 radical (unpaired) electrons. The van der Waals surface area contributed by atoms with Crippen molar-refractivity contribution in [3.05, 3.63) is 70.4 Å². The Morgan fingerprint density at radius 3 is 2.38 bits per heavy atom. The quantitative estimate of drug-likeness (QED) is 0.547. The first kappa shape index (κ1) is 15.9. The van der Waals surface area contributed by atoms with Crippen LogP contribution in [-0.2, 0) is 0 Å². The van der Waals surface area contributed by atoms with Gasteiger partial charge in [0.05, 0.1) is 11.4 Å². The maximum atomic E-state index is 13.7. The normalized spacial score (nSPS) is 11.0. The van der Waals surface area contributed by atoms with Gasteiger partial charge in [0.25, 0.3) is 5.56 Å². The lowest BCUT2D eigenvalue weighted by Gasteiger charge is -2.13. The van der Waals surface area contributed by atoms with Gasteiger partial charge in [0, 0.05) is 5.39 Å². The van der Waals surface area contributed by atoms with Gasteiger partial charge in [-0.3, -0.25) is 4.79 Å². The number of carbonyl (C=O) groups is 1. The summed E-state index contributed by atoms with van der Waals surface area (Å²) in [6.45, 7) is 3.57. The zero-order valence-electron chi connectivity index (χ0n) is 13.2. The zero-order chi connectivity index (χ0) is 17.3. The number of hydrogen-bond acceptors (Lipinski definition) is 4. The Morgan fingerprint density at radius 2 is 1.71 bits per heavy atom. The van der Waals surface area contributed by atoms with Gasteiger partial charge < -0.3 is 4.74 Å². The number of nitrogens with zero attached hydrogens (tertiary/aromatic N) is 2. The molecule has 122 valence electrons. The molecule has 1 heterocycles. The van der Waals surface area contributed by atoms with Crippen LogP contribution in [0.4, 0.5) is 4.39 Å². The summed E-state index contributed by atoms with van der Waals surface area (Å²) in [7, 11) is 0. The Hall–Kier alpha value is -3.02. The fourth-order valence-corrected chi connectivity index (χ4v) is 2.38. The molecule has 0 bridgehead atoms. The molecular formula is C18H15FN2O3. The van der Waals surface area contributed by atoms with E-state index in [0.29, 0.717) is 10.8 Å². The van der Waals surface area contributed by atoms with E-state index in [-0.39, 0.29) is 23.0 Å². The third-order valence-corrected chi connectivity index (χ3v) is 3.55. The first-order valence-electron chi connectivity index (χ1n) is 7.47. The van der Waals surface area contributed by atoms with Gasteiger partial charge in [-0.05, 0) is 32.0 Å². The van der Waals surface area contributed by atoms with E-state index in [1.165, 1.54) is 22.9 Å². The summed E-state index contributed by atoms with van der Waals surface area (Å²) in [6.07, 6.45) is 0. The topological polar surface area (TPSA) is 61.2 Å². The fraction of sp³-hybridized carbons (Fsp3) is 0.167. The van der Waals surface area contributed by atoms with Crippen molar-refractivity contribution < 1.29 is 13.9 Å². The number of aromatic nitrogens is 2. The molecule has 1 aromatic heterocycles. The van der Waals surface area contributed by atoms with Crippen molar-refractivity contribution in [2.75, 3.05) is 0 Å². The summed E-state index contributed by atoms with van der Waals surface area (Å²) >= 11 is 0. The molecule has 0 unspecified atom stereocenters. The minimum atomic E-state index is -0.814. The van der Waals surface area contributed by atoms with Crippen LogP contribution in [0.3, 0.4) is 0 Å². The predicted octanol–water partition coefficient (Wildman–Crippen LogP) is 3.34. The molecule has 0 saturated carbocycles. The Balaban J connectivity index is 2.15. The molecule has 3 aromatic rings. The highest BCUT2D eigenvalue weighted by molar-refractivity contribution is 6.02. The molecule has 2 aromatic carbocycles. The van der Waals surface area contributed by atoms with E-state index in [0.717, 1.165) is 0 Å². The molecule has 0 N–H and O–H groups in total. The summed E-state index contributed by atoms with van der Waals surface area (Å²) in [4.78, 5) is 24.9. The van der Waals surface area contributed by atoms with Crippen LogP contribution < -0.4 is 10.3 Å². The van der Waals surface area contributed by atoms with E-state index >= 15 is 0 Å². The zero-order valence-corrected chi connectivity index (χ0v) is 13.2. The van der Waals surface area contributed by atoms with E-state index in [4.69, 9.17) is 4.74 Å². The Bertz CT molecular complexity index is 979. The van der Waals surface area contributed by atoms with Gasteiger partial charge in [-0.15, -0.1) is 0 Å². The molecule has 3 rings (SSSR count). The summed E-state index contributed by atoms with van der Waals surface area (Å²) in [5, 5.41) is 4.87. The van der Waals surface area contributed by atoms with Crippen molar-refractivity contribution >= 4 is 16.7 Å². The fourth-order valence-electron chi connectivity index (χ4n) is 2.38. The molecule has 24 heavy (non-hydrogen) atoms. The second-order valence-corrected chi connectivity index (χ2v) is 5.56. The molecule has 0 aliphatic carbocycles. The van der Waals surface area contributed by atoms with Crippen molar-refractivity contribution in [1.82, 2.24) is 9.78 Å². The van der Waals surface area contributed by atoms with Crippen molar-refractivity contribution in [3.63, 3.8) is 0 Å². The number of benzene rings is 2. The number of carbonyl (C=O) groups excluding carboxylic acids is 1. The smallest absolute Gasteiger partial charge is 0.364 e. The Morgan fingerprint density at radius 1 is 1.08 bits per heavy atom. The van der Waals surface area contributed by atoms with Gasteiger partial charge >= 0.3 is 5.97 Å². The molecule has 0 spiro atoms. The van der Waals surface area contributed by atoms with Crippen molar-refractivity contribution in [3.8, 4) is 5.75 Å². The summed E-state index contributed by atoms with van der Waals surface area (Å²) in [5.41, 5.74) is -0.315. The van der Waals surface area contributed by atoms with Crippen LogP contribution in [0.1, 0.15) is 30.4 Å². The van der Waals surface area contributed by atoms with E-state index in [2.05, 4.69) is 5.10 Å². The van der Waals surface area contributed by atoms with Crippen LogP contribution in [0.5, 0.6) is 5.75 Å². The number of rotatable bonds is 3. The maximum absolute atomic E-state index is 13.7. The number of fused-ring (bicyclic) bond motifs is 1. The third-order valence-electron chi connectivity index (χ3n) is 3.55. The Labute approximate surface area is 137 Å². The number of para-hydroxylation sites is 1. The molecule has 0 amide bonds. The van der Waals surface area contributed by atoms with Crippen LogP contribution in [0.2, 0.25) is 0 Å². The van der Waals surface area contributed by atoms with Crippen LogP contribution in [-0.4, -0.2) is 15.7 Å². The minimum absolute atomic E-state index is 0.0258. The highest BCUT2D eigenvalue weighted by Crippen LogP contribution is 2.20. The highest BCUT2D eigenvalue weighted by atomic mass is 19.1. The summed E-state index contributed by atoms with van der Waals surface area (Å²) in [5.74, 6) is -1.64. The second kappa shape index (κ2) is 6.23. The molecule has 0 saturated heterocycles. The monoisotopic (exact) mass is 326 g/mol. The lowest BCUT2D eigenvalue weighted by molar-refractivity contribution is 0.0721. The van der Waals surface area contributed by atoms with E-state index in [1.54, 1.807) is 44.2 Å². The van der Waals surface area contributed by atoms with Gasteiger partial charge in [-0.2, -0.15) is 5.10 Å². The molecule has 5 nitrogen and oxygen atoms in total. The average Bonchev–Trinajstić information content (AvgIpc) is 2.57. The molecular weight excluding hydrogens is 311 g/mol. The lowest BCUT2D eigenvalue weighted by atomic mass is 10.1. The number of hydrogen-bond donors (Lipinski definition) is 0. The third kappa shape index (κ3) is 2.78. The standard InChI is InChI=1S/C18H15FN2O3/c1-11(2)21-17(22)13-8-4-3-7-12(13)16(20-21)18(23)24-15-10-6-5-9-14(15)19/h3-11H,1-2H3. The first-order chi connectivity index (χ1) is 11.5. The van der Waals surface area contributed by atoms with Gasteiger partial charge in [-0.1, -0.05) is 30.3 Å². The van der Waals surface area contributed by atoms with Crippen molar-refractivity contribution in [2.45, 2.75) is 19.9 Å². The maximum Gasteiger partial charge on any atom is 0.364 e. The largest absolute Gasteiger partial charge is 0.419 e. The molecule has 0 aliphatic rings. The van der Waals surface area contributed by atoms with Gasteiger partial charge in [-0.25, -0.2) is 13.9 Å². The summed E-state index contributed by atoms with van der Waals surface area (Å²) < 4.78 is 20.0. The molecule has 0 fully saturated rings. The Kier molecular flexibility index (Phi) is 4.12. The average molecular weight is 326 g/mol. The van der Waals surface area contributed by atoms with Crippen LogP contribution >= 0.6 is 0 Å². The molecule has 0 aliphatic heterocycles. The summed E-state index contributed by atoms with van der Waals surface area (Å²) in [6, 6.07) is 12.0.